The number of hydrogen-bond acceptors (Lipinski definition) is 9. The molecule has 4 atom stereocenters. The molecule has 7 N–H and O–H groups in total. The van der Waals surface area contributed by atoms with Crippen molar-refractivity contribution in [2.45, 2.75) is 24.4 Å². The first-order valence-corrected chi connectivity index (χ1v) is 6.91. The SMILES string of the molecule is C[PH](O)(O)OC(=O)[C@H](O)[C@@H](O)[C@H](O)[C@H](O)CO. The number of hydrogen-bond donors (Lipinski definition) is 7. The van der Waals surface area contributed by atoms with Gasteiger partial charge >= 0.3 is 96.2 Å². The van der Waals surface area contributed by atoms with Gasteiger partial charge in [-0.05, 0) is 0 Å². The average Bonchev–Trinajstić information content (AvgIpc) is 2.22. The van der Waals surface area contributed by atoms with E-state index in [1.807, 2.05) is 0 Å². The van der Waals surface area contributed by atoms with Crippen LogP contribution in [0.4, 0.5) is 0 Å². The van der Waals surface area contributed by atoms with Crippen molar-refractivity contribution in [2.75, 3.05) is 13.3 Å². The van der Waals surface area contributed by atoms with Crippen LogP contribution in [-0.2, 0) is 9.32 Å². The third-order valence-electron chi connectivity index (χ3n) is 1.79. The maximum absolute atomic E-state index is 11.0. The Morgan fingerprint density at radius 1 is 1.18 bits per heavy atom. The molecule has 10 heteroatoms. The van der Waals surface area contributed by atoms with E-state index in [0.717, 1.165) is 6.66 Å². The fraction of sp³-hybridized carbons (Fsp3) is 0.857. The van der Waals surface area contributed by atoms with E-state index in [2.05, 4.69) is 4.52 Å². The van der Waals surface area contributed by atoms with E-state index in [4.69, 9.17) is 25.1 Å². The second-order valence-electron chi connectivity index (χ2n) is 3.53. The van der Waals surface area contributed by atoms with Gasteiger partial charge in [-0.15, -0.1) is 0 Å². The summed E-state index contributed by atoms with van der Waals surface area (Å²) in [6, 6.07) is 0. The van der Waals surface area contributed by atoms with Crippen molar-refractivity contribution >= 4 is 13.9 Å². The molecule has 104 valence electrons. The Labute approximate surface area is 97.1 Å². The molecule has 0 aromatic rings. The minimum absolute atomic E-state index is 0.822. The van der Waals surface area contributed by atoms with Gasteiger partial charge in [0.2, 0.25) is 0 Å². The van der Waals surface area contributed by atoms with E-state index in [-0.39, 0.29) is 0 Å². The van der Waals surface area contributed by atoms with Gasteiger partial charge < -0.3 is 0 Å². The Morgan fingerprint density at radius 2 is 1.65 bits per heavy atom. The third kappa shape index (κ3) is 5.66. The fourth-order valence-corrected chi connectivity index (χ4v) is 1.41. The number of aliphatic hydroxyl groups is 5. The van der Waals surface area contributed by atoms with Gasteiger partial charge in [-0.25, -0.2) is 0 Å². The summed E-state index contributed by atoms with van der Waals surface area (Å²) in [7, 11) is -4.21. The normalized spacial score (nSPS) is 20.2. The maximum atomic E-state index is 11.0. The average molecular weight is 276 g/mol. The van der Waals surface area contributed by atoms with Gasteiger partial charge in [0.05, 0.1) is 0 Å². The summed E-state index contributed by atoms with van der Waals surface area (Å²) >= 11 is 0. The number of rotatable bonds is 6. The molecule has 9 nitrogen and oxygen atoms in total. The second kappa shape index (κ2) is 6.53. The standard InChI is InChI=1S/C7H17O9P/c1-17(14,15)16-7(13)6(12)5(11)4(10)3(9)2-8/h3-6,8-12,14-15,17H,2H2,1H3/t3-,4-,5+,6-/m1/s1. The van der Waals surface area contributed by atoms with Crippen molar-refractivity contribution in [3.05, 3.63) is 0 Å². The molecule has 0 heterocycles. The molecular weight excluding hydrogens is 259 g/mol. The van der Waals surface area contributed by atoms with Gasteiger partial charge in [0.15, 0.2) is 0 Å². The number of carbonyl (C=O) groups is 1. The molecule has 0 fully saturated rings. The van der Waals surface area contributed by atoms with E-state index in [1.165, 1.54) is 0 Å². The summed E-state index contributed by atoms with van der Waals surface area (Å²) in [6.07, 6.45) is -8.18. The van der Waals surface area contributed by atoms with Crippen LogP contribution in [-0.4, -0.2) is 79.0 Å². The van der Waals surface area contributed by atoms with Crippen molar-refractivity contribution in [2.24, 2.45) is 0 Å². The van der Waals surface area contributed by atoms with E-state index < -0.39 is 44.9 Å². The summed E-state index contributed by atoms with van der Waals surface area (Å²) in [5.74, 6) is -1.55. The zero-order valence-corrected chi connectivity index (χ0v) is 9.96. The molecule has 0 saturated heterocycles. The molecule has 0 unspecified atom stereocenters. The van der Waals surface area contributed by atoms with Crippen LogP contribution in [0.25, 0.3) is 0 Å². The molecule has 0 radical (unpaired) electrons. The van der Waals surface area contributed by atoms with Crippen LogP contribution in [0.3, 0.4) is 0 Å². The van der Waals surface area contributed by atoms with Crippen molar-refractivity contribution in [3.63, 3.8) is 0 Å². The van der Waals surface area contributed by atoms with Crippen molar-refractivity contribution in [1.29, 1.82) is 0 Å². The van der Waals surface area contributed by atoms with Crippen LogP contribution in [0.2, 0.25) is 0 Å². The van der Waals surface area contributed by atoms with E-state index in [1.54, 1.807) is 0 Å². The Balaban J connectivity index is 4.49. The van der Waals surface area contributed by atoms with E-state index in [9.17, 15) is 15.0 Å². The Bertz CT molecular complexity index is 252. The van der Waals surface area contributed by atoms with Crippen molar-refractivity contribution < 1.29 is 44.6 Å². The molecule has 0 saturated carbocycles. The van der Waals surface area contributed by atoms with Gasteiger partial charge in [0.25, 0.3) is 0 Å². The first kappa shape index (κ1) is 16.6. The van der Waals surface area contributed by atoms with Crippen LogP contribution in [0.1, 0.15) is 0 Å². The number of carbonyl (C=O) groups excluding carboxylic acids is 1. The Hall–Kier alpha value is -0.380. The molecule has 0 aliphatic heterocycles. The zero-order chi connectivity index (χ0) is 13.8. The van der Waals surface area contributed by atoms with Gasteiger partial charge in [0.1, 0.15) is 0 Å². The topological polar surface area (TPSA) is 168 Å². The molecule has 0 aliphatic rings. The van der Waals surface area contributed by atoms with Gasteiger partial charge in [0, 0.05) is 0 Å². The molecule has 0 bridgehead atoms. The summed E-state index contributed by atoms with van der Waals surface area (Å²) in [5.41, 5.74) is 0. The minimum atomic E-state index is -4.21. The predicted molar refractivity (Wildman–Crippen MR) is 55.9 cm³/mol. The molecule has 0 spiro atoms. The summed E-state index contributed by atoms with van der Waals surface area (Å²) in [5, 5.41) is 45.0. The van der Waals surface area contributed by atoms with Gasteiger partial charge in [-0.2, -0.15) is 0 Å². The molecule has 0 aliphatic carbocycles. The first-order valence-electron chi connectivity index (χ1n) is 4.61. The van der Waals surface area contributed by atoms with Crippen molar-refractivity contribution in [1.82, 2.24) is 0 Å². The quantitative estimate of drug-likeness (QED) is 0.239. The summed E-state index contributed by atoms with van der Waals surface area (Å²) < 4.78 is 4.03. The molecule has 17 heavy (non-hydrogen) atoms. The van der Waals surface area contributed by atoms with Crippen molar-refractivity contribution in [3.8, 4) is 0 Å². The Kier molecular flexibility index (Phi) is 6.38. The van der Waals surface area contributed by atoms with E-state index in [0.29, 0.717) is 0 Å². The second-order valence-corrected chi connectivity index (χ2v) is 5.60. The molecule has 0 aromatic carbocycles. The summed E-state index contributed by atoms with van der Waals surface area (Å²) in [6.45, 7) is -0.0739. The number of aliphatic hydroxyl groups excluding tert-OH is 5. The first-order chi connectivity index (χ1) is 7.60. The monoisotopic (exact) mass is 276 g/mol. The molecule has 0 aromatic heterocycles. The van der Waals surface area contributed by atoms with Gasteiger partial charge in [-0.1, -0.05) is 0 Å². The third-order valence-corrected chi connectivity index (χ3v) is 2.38. The van der Waals surface area contributed by atoms with Crippen LogP contribution in [0.5, 0.6) is 0 Å². The van der Waals surface area contributed by atoms with E-state index >= 15 is 0 Å². The van der Waals surface area contributed by atoms with Crippen LogP contribution < -0.4 is 0 Å². The fourth-order valence-electron chi connectivity index (χ4n) is 0.913. The predicted octanol–water partition coefficient (Wildman–Crippen LogP) is -3.93. The molecule has 0 amide bonds. The van der Waals surface area contributed by atoms with Crippen LogP contribution in [0, 0.1) is 0 Å². The summed E-state index contributed by atoms with van der Waals surface area (Å²) in [4.78, 5) is 28.7. The van der Waals surface area contributed by atoms with Crippen LogP contribution in [0.15, 0.2) is 0 Å². The van der Waals surface area contributed by atoms with Crippen LogP contribution >= 0.6 is 7.94 Å². The van der Waals surface area contributed by atoms with Gasteiger partial charge in [-0.3, -0.25) is 0 Å². The molecule has 0 rings (SSSR count). The Morgan fingerprint density at radius 3 is 2.00 bits per heavy atom. The zero-order valence-electron chi connectivity index (χ0n) is 8.96. The molecular formula is C7H17O9P.